The summed E-state index contributed by atoms with van der Waals surface area (Å²) in [6.45, 7) is -0.187. The van der Waals surface area contributed by atoms with Gasteiger partial charge in [0.15, 0.2) is 18.1 Å². The number of carbonyl (C=O) groups excluding carboxylic acids is 2. The number of nitrogens with zero attached hydrogens (tertiary/aromatic N) is 1. The Hall–Kier alpha value is -3.55. The molecule has 27 heavy (non-hydrogen) atoms. The van der Waals surface area contributed by atoms with Gasteiger partial charge in [0.05, 0.1) is 27.5 Å². The number of hydrogen-bond donors (Lipinski definition) is 1. The molecule has 0 radical (unpaired) electrons. The van der Waals surface area contributed by atoms with E-state index in [1.807, 2.05) is 0 Å². The van der Waals surface area contributed by atoms with Crippen molar-refractivity contribution in [1.82, 2.24) is 5.43 Å². The molecule has 0 aliphatic carbocycles. The fraction of sp³-hybridized carbons (Fsp3) is 0.211. The maximum absolute atomic E-state index is 12.2. The van der Waals surface area contributed by atoms with E-state index in [0.717, 1.165) is 0 Å². The summed E-state index contributed by atoms with van der Waals surface area (Å²) < 4.78 is 20.1. The highest BCUT2D eigenvalue weighted by atomic mass is 16.6. The number of esters is 1. The number of hydrogen-bond acceptors (Lipinski definition) is 7. The van der Waals surface area contributed by atoms with Gasteiger partial charge in [-0.25, -0.2) is 10.2 Å². The number of hydrazone groups is 1. The fourth-order valence-corrected chi connectivity index (χ4v) is 2.09. The largest absolute Gasteiger partial charge is 0.493 e. The van der Waals surface area contributed by atoms with E-state index in [2.05, 4.69) is 15.3 Å². The summed E-state index contributed by atoms with van der Waals surface area (Å²) in [4.78, 5) is 23.3. The number of carbonyl (C=O) groups is 2. The van der Waals surface area contributed by atoms with Crippen molar-refractivity contribution in [2.24, 2.45) is 5.10 Å². The van der Waals surface area contributed by atoms with Gasteiger partial charge in [0.1, 0.15) is 5.75 Å². The molecule has 2 aromatic carbocycles. The van der Waals surface area contributed by atoms with Crippen LogP contribution in [0.25, 0.3) is 0 Å². The number of benzene rings is 2. The predicted octanol–water partition coefficient (Wildman–Crippen LogP) is 2.02. The van der Waals surface area contributed by atoms with Crippen molar-refractivity contribution in [3.8, 4) is 17.2 Å². The predicted molar refractivity (Wildman–Crippen MR) is 98.6 cm³/mol. The summed E-state index contributed by atoms with van der Waals surface area (Å²) in [5, 5.41) is 3.92. The molecule has 2 rings (SSSR count). The number of nitrogens with one attached hydrogen (secondary N) is 1. The van der Waals surface area contributed by atoms with Crippen LogP contribution in [-0.2, 0) is 9.53 Å². The Labute approximate surface area is 156 Å². The van der Waals surface area contributed by atoms with Gasteiger partial charge in [-0.05, 0) is 35.9 Å². The van der Waals surface area contributed by atoms with Crippen LogP contribution in [0.4, 0.5) is 0 Å². The van der Waals surface area contributed by atoms with Crippen LogP contribution in [0.2, 0.25) is 0 Å². The molecule has 0 bridgehead atoms. The second kappa shape index (κ2) is 9.81. The Morgan fingerprint density at radius 2 is 1.81 bits per heavy atom. The van der Waals surface area contributed by atoms with Crippen molar-refractivity contribution in [2.75, 3.05) is 27.9 Å². The Kier molecular flexibility index (Phi) is 7.18. The molecule has 142 valence electrons. The normalized spacial score (nSPS) is 10.3. The van der Waals surface area contributed by atoms with E-state index in [1.165, 1.54) is 27.5 Å². The zero-order chi connectivity index (χ0) is 19.6. The Balaban J connectivity index is 1.98. The van der Waals surface area contributed by atoms with Gasteiger partial charge in [-0.3, -0.25) is 4.79 Å². The quantitative estimate of drug-likeness (QED) is 0.433. The average Bonchev–Trinajstić information content (AvgIpc) is 2.71. The van der Waals surface area contributed by atoms with Crippen LogP contribution in [0.15, 0.2) is 47.6 Å². The van der Waals surface area contributed by atoms with E-state index in [1.54, 1.807) is 42.5 Å². The zero-order valence-corrected chi connectivity index (χ0v) is 15.2. The van der Waals surface area contributed by atoms with Crippen molar-refractivity contribution < 1.29 is 28.5 Å². The molecular weight excluding hydrogens is 352 g/mol. The first-order valence-corrected chi connectivity index (χ1v) is 7.92. The molecule has 1 amide bonds. The van der Waals surface area contributed by atoms with E-state index in [0.29, 0.717) is 28.4 Å². The van der Waals surface area contributed by atoms with Gasteiger partial charge >= 0.3 is 5.97 Å². The van der Waals surface area contributed by atoms with Crippen LogP contribution in [-0.4, -0.2) is 46.0 Å². The molecular formula is C19H20N2O6. The minimum atomic E-state index is -0.476. The summed E-state index contributed by atoms with van der Waals surface area (Å²) in [7, 11) is 4.30. The zero-order valence-electron chi connectivity index (χ0n) is 15.2. The Bertz CT molecular complexity index is 835. The lowest BCUT2D eigenvalue weighted by Gasteiger charge is -2.08. The Morgan fingerprint density at radius 3 is 2.52 bits per heavy atom. The third-order valence-electron chi connectivity index (χ3n) is 3.47. The first-order valence-electron chi connectivity index (χ1n) is 7.92. The SMILES string of the molecule is COC(=O)COc1cccc(C=NNC(=O)c2ccc(OC)c(OC)c2)c1. The van der Waals surface area contributed by atoms with E-state index in [4.69, 9.17) is 14.2 Å². The fourth-order valence-electron chi connectivity index (χ4n) is 2.09. The Morgan fingerprint density at radius 1 is 1.04 bits per heavy atom. The summed E-state index contributed by atoms with van der Waals surface area (Å²) in [6.07, 6.45) is 1.46. The molecule has 8 heteroatoms. The van der Waals surface area contributed by atoms with Crippen molar-refractivity contribution in [3.63, 3.8) is 0 Å². The molecule has 0 aliphatic heterocycles. The second-order valence-corrected chi connectivity index (χ2v) is 5.21. The first kappa shape index (κ1) is 19.8. The highest BCUT2D eigenvalue weighted by Gasteiger charge is 2.10. The number of ether oxygens (including phenoxy) is 4. The molecule has 0 heterocycles. The molecule has 2 aromatic rings. The van der Waals surface area contributed by atoms with Gasteiger partial charge < -0.3 is 18.9 Å². The molecule has 0 spiro atoms. The van der Waals surface area contributed by atoms with Gasteiger partial charge in [0.2, 0.25) is 0 Å². The molecule has 0 aromatic heterocycles. The minimum absolute atomic E-state index is 0.187. The van der Waals surface area contributed by atoms with Crippen LogP contribution in [0, 0.1) is 0 Å². The van der Waals surface area contributed by atoms with Crippen molar-refractivity contribution >= 4 is 18.1 Å². The lowest BCUT2D eigenvalue weighted by Crippen LogP contribution is -2.17. The monoisotopic (exact) mass is 372 g/mol. The van der Waals surface area contributed by atoms with Crippen LogP contribution in [0.5, 0.6) is 17.2 Å². The van der Waals surface area contributed by atoms with Gasteiger partial charge in [-0.15, -0.1) is 0 Å². The molecule has 8 nitrogen and oxygen atoms in total. The molecule has 0 atom stereocenters. The van der Waals surface area contributed by atoms with Crippen LogP contribution >= 0.6 is 0 Å². The molecule has 0 saturated heterocycles. The minimum Gasteiger partial charge on any atom is -0.493 e. The lowest BCUT2D eigenvalue weighted by atomic mass is 10.2. The molecule has 0 aliphatic rings. The number of rotatable bonds is 8. The summed E-state index contributed by atoms with van der Waals surface area (Å²) >= 11 is 0. The van der Waals surface area contributed by atoms with E-state index in [-0.39, 0.29) is 6.61 Å². The van der Waals surface area contributed by atoms with E-state index >= 15 is 0 Å². The maximum Gasteiger partial charge on any atom is 0.343 e. The van der Waals surface area contributed by atoms with Gasteiger partial charge in [0.25, 0.3) is 5.91 Å². The van der Waals surface area contributed by atoms with Gasteiger partial charge in [-0.2, -0.15) is 5.10 Å². The third kappa shape index (κ3) is 5.74. The van der Waals surface area contributed by atoms with Crippen LogP contribution < -0.4 is 19.6 Å². The van der Waals surface area contributed by atoms with Crippen molar-refractivity contribution in [1.29, 1.82) is 0 Å². The maximum atomic E-state index is 12.2. The topological polar surface area (TPSA) is 95.5 Å². The molecule has 0 unspecified atom stereocenters. The second-order valence-electron chi connectivity index (χ2n) is 5.21. The van der Waals surface area contributed by atoms with Crippen LogP contribution in [0.3, 0.4) is 0 Å². The number of amides is 1. The van der Waals surface area contributed by atoms with E-state index < -0.39 is 11.9 Å². The molecule has 0 saturated carbocycles. The van der Waals surface area contributed by atoms with E-state index in [9.17, 15) is 9.59 Å². The van der Waals surface area contributed by atoms with Crippen molar-refractivity contribution in [3.05, 3.63) is 53.6 Å². The highest BCUT2D eigenvalue weighted by molar-refractivity contribution is 5.95. The summed E-state index contributed by atoms with van der Waals surface area (Å²) in [5.41, 5.74) is 3.49. The molecule has 0 fully saturated rings. The highest BCUT2D eigenvalue weighted by Crippen LogP contribution is 2.27. The summed E-state index contributed by atoms with van der Waals surface area (Å²) in [6, 6.07) is 11.7. The average molecular weight is 372 g/mol. The van der Waals surface area contributed by atoms with Gasteiger partial charge in [-0.1, -0.05) is 12.1 Å². The first-order chi connectivity index (χ1) is 13.1. The summed E-state index contributed by atoms with van der Waals surface area (Å²) in [5.74, 6) is 0.586. The van der Waals surface area contributed by atoms with Crippen LogP contribution in [0.1, 0.15) is 15.9 Å². The van der Waals surface area contributed by atoms with Crippen molar-refractivity contribution in [2.45, 2.75) is 0 Å². The molecule has 1 N–H and O–H groups in total. The smallest absolute Gasteiger partial charge is 0.343 e. The lowest BCUT2D eigenvalue weighted by molar-refractivity contribution is -0.142. The standard InChI is InChI=1S/C19H20N2O6/c1-24-16-8-7-14(10-17(16)25-2)19(23)21-20-11-13-5-4-6-15(9-13)27-12-18(22)26-3/h4-11H,12H2,1-3H3,(H,21,23). The third-order valence-corrected chi connectivity index (χ3v) is 3.47. The number of methoxy groups -OCH3 is 3. The van der Waals surface area contributed by atoms with Gasteiger partial charge in [0, 0.05) is 5.56 Å².